The summed E-state index contributed by atoms with van der Waals surface area (Å²) in [5.74, 6) is 0.295. The predicted molar refractivity (Wildman–Crippen MR) is 155 cm³/mol. The van der Waals surface area contributed by atoms with Gasteiger partial charge in [-0.05, 0) is 79.9 Å². The Hall–Kier alpha value is -4.26. The normalized spacial score (nSPS) is 16.4. The molecule has 0 aliphatic carbocycles. The summed E-state index contributed by atoms with van der Waals surface area (Å²) < 4.78 is 17.0. The molecule has 4 rings (SSSR count). The minimum absolute atomic E-state index is 0.00519. The van der Waals surface area contributed by atoms with Crippen LogP contribution in [0, 0.1) is 0 Å². The van der Waals surface area contributed by atoms with Crippen LogP contribution in [0.2, 0.25) is 0 Å². The van der Waals surface area contributed by atoms with Crippen LogP contribution in [0.1, 0.15) is 62.8 Å². The maximum absolute atomic E-state index is 13.5. The lowest BCUT2D eigenvalue weighted by molar-refractivity contribution is -0.140. The number of aliphatic hydroxyl groups is 1. The maximum atomic E-state index is 13.5. The zero-order valence-electron chi connectivity index (χ0n) is 23.6. The summed E-state index contributed by atoms with van der Waals surface area (Å²) in [6.45, 7) is 6.79. The van der Waals surface area contributed by atoms with E-state index in [4.69, 9.17) is 14.2 Å². The fourth-order valence-corrected chi connectivity index (χ4v) is 4.79. The van der Waals surface area contributed by atoms with Gasteiger partial charge in [0.2, 0.25) is 0 Å². The number of hydrogen-bond acceptors (Lipinski definition) is 6. The number of carbonyl (C=O) groups excluding carboxylic acids is 2. The fraction of sp³-hybridized carbons (Fsp3) is 0.333. The Kier molecular flexibility index (Phi) is 9.48. The number of methoxy groups -OCH3 is 1. The molecule has 0 bridgehead atoms. The van der Waals surface area contributed by atoms with Gasteiger partial charge in [0.25, 0.3) is 11.7 Å². The smallest absolute Gasteiger partial charge is 0.295 e. The summed E-state index contributed by atoms with van der Waals surface area (Å²) in [6, 6.07) is 20.8. The highest BCUT2D eigenvalue weighted by atomic mass is 16.5. The monoisotopic (exact) mass is 543 g/mol. The number of aliphatic hydroxyl groups excluding tert-OH is 1. The first-order valence-corrected chi connectivity index (χ1v) is 13.7. The molecule has 1 aliphatic rings. The molecule has 1 saturated heterocycles. The van der Waals surface area contributed by atoms with Crippen molar-refractivity contribution in [2.45, 2.75) is 58.7 Å². The summed E-state index contributed by atoms with van der Waals surface area (Å²) in [6.07, 6.45) is 3.17. The summed E-state index contributed by atoms with van der Waals surface area (Å²) in [5.41, 5.74) is 1.92. The second kappa shape index (κ2) is 13.2. The number of rotatable bonds is 12. The number of likely N-dealkylation sites (tertiary alicyclic amines) is 1. The first-order chi connectivity index (χ1) is 19.3. The lowest BCUT2D eigenvalue weighted by Crippen LogP contribution is -2.29. The van der Waals surface area contributed by atoms with Gasteiger partial charge in [0.1, 0.15) is 23.0 Å². The van der Waals surface area contributed by atoms with E-state index in [9.17, 15) is 14.7 Å². The van der Waals surface area contributed by atoms with Crippen molar-refractivity contribution < 1.29 is 28.9 Å². The van der Waals surface area contributed by atoms with Crippen LogP contribution < -0.4 is 14.2 Å². The SMILES string of the molecule is CCCCCOc1ccc(/C(O)=C2/C(=O)C(=O)N(Cc3cccc(OC(C)C)c3)C2c2cccc(OC)c2)cc1. The van der Waals surface area contributed by atoms with E-state index < -0.39 is 17.7 Å². The third-order valence-electron chi connectivity index (χ3n) is 6.72. The van der Waals surface area contributed by atoms with Crippen molar-refractivity contribution >= 4 is 17.4 Å². The van der Waals surface area contributed by atoms with Gasteiger partial charge in [0, 0.05) is 12.1 Å². The third-order valence-corrected chi connectivity index (χ3v) is 6.72. The van der Waals surface area contributed by atoms with Crippen molar-refractivity contribution in [1.29, 1.82) is 0 Å². The topological polar surface area (TPSA) is 85.3 Å². The first kappa shape index (κ1) is 28.7. The summed E-state index contributed by atoms with van der Waals surface area (Å²) in [5, 5.41) is 11.4. The Morgan fingerprint density at radius 2 is 1.65 bits per heavy atom. The van der Waals surface area contributed by atoms with Crippen molar-refractivity contribution in [3.05, 3.63) is 95.1 Å². The number of ether oxygens (including phenoxy) is 3. The second-order valence-corrected chi connectivity index (χ2v) is 10.1. The van der Waals surface area contributed by atoms with Crippen molar-refractivity contribution in [3.8, 4) is 17.2 Å². The van der Waals surface area contributed by atoms with E-state index >= 15 is 0 Å². The van der Waals surface area contributed by atoms with Crippen LogP contribution in [0.15, 0.2) is 78.4 Å². The molecule has 3 aromatic rings. The number of hydrogen-bond donors (Lipinski definition) is 1. The van der Waals surface area contributed by atoms with Crippen LogP contribution in [-0.2, 0) is 16.1 Å². The van der Waals surface area contributed by atoms with Gasteiger partial charge in [-0.25, -0.2) is 0 Å². The zero-order chi connectivity index (χ0) is 28.6. The molecule has 1 unspecified atom stereocenters. The van der Waals surface area contributed by atoms with E-state index in [1.165, 1.54) is 4.90 Å². The average Bonchev–Trinajstić information content (AvgIpc) is 3.20. The third kappa shape index (κ3) is 6.65. The number of amides is 1. The molecule has 210 valence electrons. The van der Waals surface area contributed by atoms with E-state index in [1.807, 2.05) is 44.2 Å². The Morgan fingerprint density at radius 1 is 0.925 bits per heavy atom. The molecule has 0 saturated carbocycles. The lowest BCUT2D eigenvalue weighted by atomic mass is 9.95. The van der Waals surface area contributed by atoms with Gasteiger partial charge >= 0.3 is 0 Å². The molecule has 7 nitrogen and oxygen atoms in total. The molecule has 7 heteroatoms. The van der Waals surface area contributed by atoms with Crippen LogP contribution >= 0.6 is 0 Å². The van der Waals surface area contributed by atoms with Crippen LogP contribution in [-0.4, -0.2) is 41.5 Å². The highest BCUT2D eigenvalue weighted by molar-refractivity contribution is 6.46. The standard InChI is InChI=1S/C33H37NO6/c1-5-6-7-18-39-26-16-14-24(15-17-26)31(35)29-30(25-11-9-12-27(20-25)38-4)34(33(37)32(29)36)21-23-10-8-13-28(19-23)40-22(2)3/h8-17,19-20,22,30,35H,5-7,18,21H2,1-4H3/b31-29-. The Morgan fingerprint density at radius 3 is 2.35 bits per heavy atom. The van der Waals surface area contributed by atoms with Crippen LogP contribution in [0.4, 0.5) is 0 Å². The van der Waals surface area contributed by atoms with Gasteiger partial charge in [-0.2, -0.15) is 0 Å². The molecular weight excluding hydrogens is 506 g/mol. The van der Waals surface area contributed by atoms with E-state index in [-0.39, 0.29) is 24.0 Å². The van der Waals surface area contributed by atoms with Gasteiger partial charge < -0.3 is 24.2 Å². The molecule has 0 aromatic heterocycles. The Labute approximate surface area is 236 Å². The largest absolute Gasteiger partial charge is 0.507 e. The maximum Gasteiger partial charge on any atom is 0.295 e. The lowest BCUT2D eigenvalue weighted by Gasteiger charge is -2.26. The van der Waals surface area contributed by atoms with E-state index in [0.717, 1.165) is 24.8 Å². The number of carbonyl (C=O) groups is 2. The van der Waals surface area contributed by atoms with Crippen LogP contribution in [0.3, 0.4) is 0 Å². The molecular formula is C33H37NO6. The van der Waals surface area contributed by atoms with Gasteiger partial charge in [-0.3, -0.25) is 9.59 Å². The molecule has 1 aliphatic heterocycles. The van der Waals surface area contributed by atoms with Crippen LogP contribution in [0.5, 0.6) is 17.2 Å². The van der Waals surface area contributed by atoms with E-state index in [0.29, 0.717) is 35.0 Å². The molecule has 0 spiro atoms. The van der Waals surface area contributed by atoms with Crippen molar-refractivity contribution in [2.24, 2.45) is 0 Å². The van der Waals surface area contributed by atoms with Crippen LogP contribution in [0.25, 0.3) is 5.76 Å². The van der Waals surface area contributed by atoms with Crippen molar-refractivity contribution in [3.63, 3.8) is 0 Å². The van der Waals surface area contributed by atoms with E-state index in [2.05, 4.69) is 6.92 Å². The van der Waals surface area contributed by atoms with Crippen molar-refractivity contribution in [2.75, 3.05) is 13.7 Å². The number of Topliss-reactive ketones (excluding diaryl/α,β-unsaturated/α-hetero) is 1. The van der Waals surface area contributed by atoms with Gasteiger partial charge in [0.05, 0.1) is 31.4 Å². The fourth-order valence-electron chi connectivity index (χ4n) is 4.79. The molecule has 1 heterocycles. The molecule has 0 radical (unpaired) electrons. The second-order valence-electron chi connectivity index (χ2n) is 10.1. The van der Waals surface area contributed by atoms with E-state index in [1.54, 1.807) is 49.6 Å². The Balaban J connectivity index is 1.71. The summed E-state index contributed by atoms with van der Waals surface area (Å²) in [7, 11) is 1.56. The molecule has 1 N–H and O–H groups in total. The minimum Gasteiger partial charge on any atom is -0.507 e. The van der Waals surface area contributed by atoms with Gasteiger partial charge in [-0.1, -0.05) is 44.0 Å². The minimum atomic E-state index is -0.810. The number of benzene rings is 3. The average molecular weight is 544 g/mol. The van der Waals surface area contributed by atoms with Crippen molar-refractivity contribution in [1.82, 2.24) is 4.90 Å². The summed E-state index contributed by atoms with van der Waals surface area (Å²) >= 11 is 0. The highest BCUT2D eigenvalue weighted by Crippen LogP contribution is 2.41. The summed E-state index contributed by atoms with van der Waals surface area (Å²) in [4.78, 5) is 28.4. The first-order valence-electron chi connectivity index (χ1n) is 13.7. The predicted octanol–water partition coefficient (Wildman–Crippen LogP) is 6.67. The molecule has 1 atom stereocenters. The molecule has 1 fully saturated rings. The van der Waals surface area contributed by atoms with Gasteiger partial charge in [0.15, 0.2) is 0 Å². The Bertz CT molecular complexity index is 1360. The molecule has 3 aromatic carbocycles. The highest BCUT2D eigenvalue weighted by Gasteiger charge is 2.46. The van der Waals surface area contributed by atoms with Gasteiger partial charge in [-0.15, -0.1) is 0 Å². The number of nitrogens with zero attached hydrogens (tertiary/aromatic N) is 1. The quantitative estimate of drug-likeness (QED) is 0.119. The zero-order valence-corrected chi connectivity index (χ0v) is 23.6. The number of ketones is 1. The molecule has 1 amide bonds. The number of unbranched alkanes of at least 4 members (excludes halogenated alkanes) is 2. The molecule has 40 heavy (non-hydrogen) atoms.